The number of halogens is 1. The highest BCUT2D eigenvalue weighted by molar-refractivity contribution is 7.89. The van der Waals surface area contributed by atoms with E-state index in [4.69, 9.17) is 17.3 Å². The van der Waals surface area contributed by atoms with Crippen molar-refractivity contribution in [2.75, 3.05) is 5.73 Å². The Bertz CT molecular complexity index is 712. The molecule has 0 aliphatic carbocycles. The summed E-state index contributed by atoms with van der Waals surface area (Å²) < 4.78 is 27.0. The summed E-state index contributed by atoms with van der Waals surface area (Å²) in [5, 5.41) is 0.617. The van der Waals surface area contributed by atoms with E-state index in [1.807, 2.05) is 0 Å². The largest absolute Gasteiger partial charge is 0.399 e. The van der Waals surface area contributed by atoms with Crippen LogP contribution < -0.4 is 10.5 Å². The van der Waals surface area contributed by atoms with Gasteiger partial charge in [0.05, 0.1) is 4.90 Å². The number of hydrogen-bond donors (Lipinski definition) is 2. The molecule has 0 aliphatic heterocycles. The standard InChI is InChI=1S/C14H15ClN2O2S/c1-10-8-13(16)6-7-14(10)20(18,19)17-9-11-2-4-12(15)5-3-11/h2-8,17H,9,16H2,1H3. The molecule has 0 spiro atoms. The van der Waals surface area contributed by atoms with Crippen LogP contribution >= 0.6 is 11.6 Å². The quantitative estimate of drug-likeness (QED) is 0.853. The fraction of sp³-hybridized carbons (Fsp3) is 0.143. The van der Waals surface area contributed by atoms with Crippen LogP contribution in [0, 0.1) is 6.92 Å². The lowest BCUT2D eigenvalue weighted by Gasteiger charge is -2.10. The van der Waals surface area contributed by atoms with Crippen molar-refractivity contribution in [1.82, 2.24) is 4.72 Å². The number of aryl methyl sites for hydroxylation is 1. The Morgan fingerprint density at radius 2 is 1.80 bits per heavy atom. The van der Waals surface area contributed by atoms with Crippen LogP contribution in [0.3, 0.4) is 0 Å². The lowest BCUT2D eigenvalue weighted by molar-refractivity contribution is 0.580. The number of hydrogen-bond acceptors (Lipinski definition) is 3. The van der Waals surface area contributed by atoms with Gasteiger partial charge < -0.3 is 5.73 Å². The first-order valence-electron chi connectivity index (χ1n) is 5.99. The zero-order valence-corrected chi connectivity index (χ0v) is 12.5. The monoisotopic (exact) mass is 310 g/mol. The van der Waals surface area contributed by atoms with Gasteiger partial charge in [-0.2, -0.15) is 0 Å². The van der Waals surface area contributed by atoms with Crippen LogP contribution in [0.15, 0.2) is 47.4 Å². The topological polar surface area (TPSA) is 72.2 Å². The van der Waals surface area contributed by atoms with Gasteiger partial charge in [-0.05, 0) is 48.4 Å². The molecule has 106 valence electrons. The van der Waals surface area contributed by atoms with Crippen LogP contribution in [0.2, 0.25) is 5.02 Å². The number of nitrogens with one attached hydrogen (secondary N) is 1. The van der Waals surface area contributed by atoms with E-state index in [0.29, 0.717) is 16.3 Å². The fourth-order valence-corrected chi connectivity index (χ4v) is 3.20. The van der Waals surface area contributed by atoms with E-state index in [-0.39, 0.29) is 11.4 Å². The molecular weight excluding hydrogens is 296 g/mol. The highest BCUT2D eigenvalue weighted by atomic mass is 35.5. The van der Waals surface area contributed by atoms with Gasteiger partial charge >= 0.3 is 0 Å². The summed E-state index contributed by atoms with van der Waals surface area (Å²) in [7, 11) is -3.55. The van der Waals surface area contributed by atoms with Crippen LogP contribution in [0.25, 0.3) is 0 Å². The fourth-order valence-electron chi connectivity index (χ4n) is 1.83. The molecule has 4 nitrogen and oxygen atoms in total. The Hall–Kier alpha value is -1.56. The third kappa shape index (κ3) is 3.50. The van der Waals surface area contributed by atoms with E-state index >= 15 is 0 Å². The lowest BCUT2D eigenvalue weighted by Crippen LogP contribution is -2.24. The molecule has 2 rings (SSSR count). The summed E-state index contributed by atoms with van der Waals surface area (Å²) in [6.45, 7) is 1.93. The molecule has 6 heteroatoms. The number of rotatable bonds is 4. The molecule has 0 saturated carbocycles. The van der Waals surface area contributed by atoms with E-state index < -0.39 is 10.0 Å². The molecule has 0 bridgehead atoms. The third-order valence-electron chi connectivity index (χ3n) is 2.87. The predicted octanol–water partition coefficient (Wildman–Crippen LogP) is 2.71. The van der Waals surface area contributed by atoms with E-state index in [0.717, 1.165) is 5.56 Å². The molecule has 0 saturated heterocycles. The minimum atomic E-state index is -3.55. The predicted molar refractivity (Wildman–Crippen MR) is 81.1 cm³/mol. The van der Waals surface area contributed by atoms with E-state index in [2.05, 4.69) is 4.72 Å². The Morgan fingerprint density at radius 3 is 2.40 bits per heavy atom. The van der Waals surface area contributed by atoms with Gasteiger partial charge in [-0.3, -0.25) is 0 Å². The molecule has 0 aromatic heterocycles. The lowest BCUT2D eigenvalue weighted by atomic mass is 10.2. The zero-order valence-electron chi connectivity index (χ0n) is 10.9. The molecule has 2 aromatic carbocycles. The molecule has 0 aliphatic rings. The van der Waals surface area contributed by atoms with Crippen molar-refractivity contribution < 1.29 is 8.42 Å². The average molecular weight is 311 g/mol. The van der Waals surface area contributed by atoms with E-state index in [1.165, 1.54) is 6.07 Å². The Kier molecular flexibility index (Phi) is 4.32. The van der Waals surface area contributed by atoms with Crippen LogP contribution in [-0.4, -0.2) is 8.42 Å². The van der Waals surface area contributed by atoms with Crippen molar-refractivity contribution in [1.29, 1.82) is 0 Å². The molecule has 2 aromatic rings. The van der Waals surface area contributed by atoms with Gasteiger partial charge in [0.1, 0.15) is 0 Å². The number of sulfonamides is 1. The summed E-state index contributed by atoms with van der Waals surface area (Å²) in [5.41, 5.74) is 7.62. The molecule has 0 radical (unpaired) electrons. The second-order valence-electron chi connectivity index (χ2n) is 4.48. The van der Waals surface area contributed by atoms with Crippen molar-refractivity contribution >= 4 is 27.3 Å². The van der Waals surface area contributed by atoms with Crippen LogP contribution in [0.5, 0.6) is 0 Å². The molecule has 20 heavy (non-hydrogen) atoms. The minimum absolute atomic E-state index is 0.212. The summed E-state index contributed by atoms with van der Waals surface area (Å²) in [4.78, 5) is 0.237. The molecule has 0 fully saturated rings. The van der Waals surface area contributed by atoms with Crippen molar-refractivity contribution in [2.24, 2.45) is 0 Å². The molecule has 0 atom stereocenters. The summed E-state index contributed by atoms with van der Waals surface area (Å²) in [6.07, 6.45) is 0. The Morgan fingerprint density at radius 1 is 1.15 bits per heavy atom. The van der Waals surface area contributed by atoms with Crippen LogP contribution in [-0.2, 0) is 16.6 Å². The number of nitrogen functional groups attached to an aromatic ring is 1. The minimum Gasteiger partial charge on any atom is -0.399 e. The SMILES string of the molecule is Cc1cc(N)ccc1S(=O)(=O)NCc1ccc(Cl)cc1. The molecule has 3 N–H and O–H groups in total. The van der Waals surface area contributed by atoms with Crippen LogP contribution in [0.1, 0.15) is 11.1 Å². The summed E-state index contributed by atoms with van der Waals surface area (Å²) in [6, 6.07) is 11.7. The molecule has 0 unspecified atom stereocenters. The molecular formula is C14H15ClN2O2S. The molecule has 0 heterocycles. The van der Waals surface area contributed by atoms with Crippen LogP contribution in [0.4, 0.5) is 5.69 Å². The van der Waals surface area contributed by atoms with Gasteiger partial charge in [0.2, 0.25) is 10.0 Å². The maximum Gasteiger partial charge on any atom is 0.241 e. The van der Waals surface area contributed by atoms with Gasteiger partial charge in [0, 0.05) is 17.3 Å². The highest BCUT2D eigenvalue weighted by Gasteiger charge is 2.16. The average Bonchev–Trinajstić information content (AvgIpc) is 2.37. The van der Waals surface area contributed by atoms with Crippen molar-refractivity contribution in [3.8, 4) is 0 Å². The Labute approximate surface area is 123 Å². The first-order chi connectivity index (χ1) is 9.38. The van der Waals surface area contributed by atoms with Gasteiger partial charge in [0.15, 0.2) is 0 Å². The van der Waals surface area contributed by atoms with Gasteiger partial charge in [-0.1, -0.05) is 23.7 Å². The maximum atomic E-state index is 12.2. The zero-order chi connectivity index (χ0) is 14.8. The van der Waals surface area contributed by atoms with E-state index in [1.54, 1.807) is 43.3 Å². The normalized spacial score (nSPS) is 11.5. The first-order valence-corrected chi connectivity index (χ1v) is 7.85. The van der Waals surface area contributed by atoms with Crippen molar-refractivity contribution in [3.63, 3.8) is 0 Å². The molecule has 0 amide bonds. The summed E-state index contributed by atoms with van der Waals surface area (Å²) in [5.74, 6) is 0. The van der Waals surface area contributed by atoms with E-state index in [9.17, 15) is 8.42 Å². The second-order valence-corrected chi connectivity index (χ2v) is 6.65. The Balaban J connectivity index is 2.17. The second kappa shape index (κ2) is 5.83. The smallest absolute Gasteiger partial charge is 0.241 e. The number of benzene rings is 2. The third-order valence-corrected chi connectivity index (χ3v) is 4.68. The highest BCUT2D eigenvalue weighted by Crippen LogP contribution is 2.18. The van der Waals surface area contributed by atoms with Gasteiger partial charge in [-0.25, -0.2) is 13.1 Å². The maximum absolute atomic E-state index is 12.2. The van der Waals surface area contributed by atoms with Crippen molar-refractivity contribution in [3.05, 3.63) is 58.6 Å². The number of anilines is 1. The van der Waals surface area contributed by atoms with Gasteiger partial charge in [-0.15, -0.1) is 0 Å². The first kappa shape index (κ1) is 14.8. The van der Waals surface area contributed by atoms with Crippen molar-refractivity contribution in [2.45, 2.75) is 18.4 Å². The van der Waals surface area contributed by atoms with Gasteiger partial charge in [0.25, 0.3) is 0 Å². The summed E-state index contributed by atoms with van der Waals surface area (Å²) >= 11 is 5.78. The number of nitrogens with two attached hydrogens (primary N) is 1.